The second-order valence-corrected chi connectivity index (χ2v) is 8.15. The van der Waals surface area contributed by atoms with Crippen molar-refractivity contribution in [1.29, 1.82) is 0 Å². The Labute approximate surface area is 122 Å². The molecule has 5 nitrogen and oxygen atoms in total. The van der Waals surface area contributed by atoms with Crippen molar-refractivity contribution >= 4 is 15.9 Å². The Hall–Kier alpha value is -0.620. The van der Waals surface area contributed by atoms with Crippen LogP contribution < -0.4 is 0 Å². The van der Waals surface area contributed by atoms with Gasteiger partial charge in [-0.1, -0.05) is 19.3 Å². The Kier molecular flexibility index (Phi) is 5.43. The van der Waals surface area contributed by atoms with Crippen molar-refractivity contribution in [1.82, 2.24) is 9.21 Å². The maximum atomic E-state index is 12.3. The smallest absolute Gasteiger partial charge is 0.222 e. The van der Waals surface area contributed by atoms with Crippen molar-refractivity contribution in [2.24, 2.45) is 5.92 Å². The maximum Gasteiger partial charge on any atom is 0.222 e. The molecule has 0 aromatic rings. The van der Waals surface area contributed by atoms with Gasteiger partial charge in [0.2, 0.25) is 15.9 Å². The van der Waals surface area contributed by atoms with E-state index in [9.17, 15) is 13.2 Å². The van der Waals surface area contributed by atoms with Crippen molar-refractivity contribution in [2.75, 3.05) is 31.9 Å². The predicted octanol–water partition coefficient (Wildman–Crippen LogP) is 1.45. The van der Waals surface area contributed by atoms with Crippen molar-refractivity contribution < 1.29 is 13.2 Å². The monoisotopic (exact) mass is 302 g/mol. The van der Waals surface area contributed by atoms with Crippen LogP contribution in [-0.4, -0.2) is 55.5 Å². The molecular formula is C14H26N2O3S. The molecular weight excluding hydrogens is 276 g/mol. The Balaban J connectivity index is 1.79. The largest absolute Gasteiger partial charge is 0.340 e. The molecule has 0 aromatic heterocycles. The quantitative estimate of drug-likeness (QED) is 0.790. The fraction of sp³-hybridized carbons (Fsp3) is 0.929. The molecule has 0 unspecified atom stereocenters. The van der Waals surface area contributed by atoms with E-state index in [1.165, 1.54) is 36.4 Å². The van der Waals surface area contributed by atoms with Crippen LogP contribution in [0.15, 0.2) is 0 Å². The number of amides is 1. The van der Waals surface area contributed by atoms with Crippen LogP contribution in [0.5, 0.6) is 0 Å². The van der Waals surface area contributed by atoms with Crippen molar-refractivity contribution in [2.45, 2.75) is 45.4 Å². The number of carbonyl (C=O) groups excluding carboxylic acids is 1. The van der Waals surface area contributed by atoms with E-state index >= 15 is 0 Å². The first kappa shape index (κ1) is 15.8. The topological polar surface area (TPSA) is 57.7 Å². The number of sulfonamides is 1. The number of hydrogen-bond acceptors (Lipinski definition) is 3. The summed E-state index contributed by atoms with van der Waals surface area (Å²) >= 11 is 0. The van der Waals surface area contributed by atoms with Crippen molar-refractivity contribution in [3.63, 3.8) is 0 Å². The summed E-state index contributed by atoms with van der Waals surface area (Å²) in [5, 5.41) is 0. The van der Waals surface area contributed by atoms with Gasteiger partial charge in [-0.3, -0.25) is 4.79 Å². The molecule has 1 saturated carbocycles. The molecule has 0 atom stereocenters. The van der Waals surface area contributed by atoms with Crippen molar-refractivity contribution in [3.05, 3.63) is 0 Å². The van der Waals surface area contributed by atoms with Gasteiger partial charge in [-0.15, -0.1) is 0 Å². The summed E-state index contributed by atoms with van der Waals surface area (Å²) < 4.78 is 25.1. The zero-order chi connectivity index (χ0) is 14.6. The lowest BCUT2D eigenvalue weighted by Crippen LogP contribution is -2.51. The summed E-state index contributed by atoms with van der Waals surface area (Å²) in [5.41, 5.74) is 0. The van der Waals surface area contributed by atoms with Gasteiger partial charge in [0.15, 0.2) is 0 Å². The number of rotatable bonds is 4. The van der Waals surface area contributed by atoms with Gasteiger partial charge in [0.25, 0.3) is 0 Å². The normalized spacial score (nSPS) is 22.9. The first-order valence-electron chi connectivity index (χ1n) is 7.78. The maximum absolute atomic E-state index is 12.3. The third-order valence-electron chi connectivity index (χ3n) is 4.54. The summed E-state index contributed by atoms with van der Waals surface area (Å²) in [6.07, 6.45) is 6.81. The predicted molar refractivity (Wildman–Crippen MR) is 78.8 cm³/mol. The SMILES string of the molecule is CCS(=O)(=O)N1CCN(C(=O)CC2CCCCC2)CC1. The summed E-state index contributed by atoms with van der Waals surface area (Å²) in [6, 6.07) is 0. The lowest BCUT2D eigenvalue weighted by Gasteiger charge is -2.35. The van der Waals surface area contributed by atoms with Crippen LogP contribution in [0.25, 0.3) is 0 Å². The summed E-state index contributed by atoms with van der Waals surface area (Å²) in [7, 11) is -3.10. The van der Waals surface area contributed by atoms with Crippen LogP contribution >= 0.6 is 0 Å². The Morgan fingerprint density at radius 2 is 1.65 bits per heavy atom. The molecule has 0 spiro atoms. The highest BCUT2D eigenvalue weighted by atomic mass is 32.2. The molecule has 2 rings (SSSR count). The standard InChI is InChI=1S/C14H26N2O3S/c1-2-20(18,19)16-10-8-15(9-11-16)14(17)12-13-6-4-3-5-7-13/h13H,2-12H2,1H3. The molecule has 1 aliphatic heterocycles. The van der Waals surface area contributed by atoms with Crippen LogP contribution in [0.4, 0.5) is 0 Å². The molecule has 0 radical (unpaired) electrons. The molecule has 2 aliphatic rings. The fourth-order valence-electron chi connectivity index (χ4n) is 3.17. The zero-order valence-corrected chi connectivity index (χ0v) is 13.2. The number of piperazine rings is 1. The Bertz CT molecular complexity index is 422. The van der Waals surface area contributed by atoms with Gasteiger partial charge < -0.3 is 4.90 Å². The van der Waals surface area contributed by atoms with Gasteiger partial charge in [-0.05, 0) is 25.7 Å². The van der Waals surface area contributed by atoms with E-state index in [1.54, 1.807) is 6.92 Å². The fourth-order valence-corrected chi connectivity index (χ4v) is 4.25. The first-order chi connectivity index (χ1) is 9.53. The van der Waals surface area contributed by atoms with Gasteiger partial charge in [0.05, 0.1) is 5.75 Å². The molecule has 20 heavy (non-hydrogen) atoms. The van der Waals surface area contributed by atoms with Crippen LogP contribution in [0.1, 0.15) is 45.4 Å². The highest BCUT2D eigenvalue weighted by Gasteiger charge is 2.28. The van der Waals surface area contributed by atoms with Crippen molar-refractivity contribution in [3.8, 4) is 0 Å². The number of nitrogens with zero attached hydrogens (tertiary/aromatic N) is 2. The van der Waals surface area contributed by atoms with E-state index in [-0.39, 0.29) is 11.7 Å². The molecule has 1 saturated heterocycles. The van der Waals surface area contributed by atoms with Crippen LogP contribution in [0, 0.1) is 5.92 Å². The lowest BCUT2D eigenvalue weighted by atomic mass is 9.86. The van der Waals surface area contributed by atoms with E-state index in [2.05, 4.69) is 0 Å². The molecule has 1 heterocycles. The van der Waals surface area contributed by atoms with Gasteiger partial charge in [0.1, 0.15) is 0 Å². The second-order valence-electron chi connectivity index (χ2n) is 5.89. The summed E-state index contributed by atoms with van der Waals surface area (Å²) in [6.45, 7) is 3.66. The summed E-state index contributed by atoms with van der Waals surface area (Å²) in [5.74, 6) is 0.905. The Morgan fingerprint density at radius 1 is 1.05 bits per heavy atom. The molecule has 1 aliphatic carbocycles. The first-order valence-corrected chi connectivity index (χ1v) is 9.39. The third kappa shape index (κ3) is 3.95. The molecule has 2 fully saturated rings. The van der Waals surface area contributed by atoms with E-state index in [4.69, 9.17) is 0 Å². The average molecular weight is 302 g/mol. The van der Waals surface area contributed by atoms with Gasteiger partial charge in [0, 0.05) is 32.6 Å². The molecule has 6 heteroatoms. The van der Waals surface area contributed by atoms with Crippen LogP contribution in [-0.2, 0) is 14.8 Å². The number of carbonyl (C=O) groups is 1. The summed E-state index contributed by atoms with van der Waals surface area (Å²) in [4.78, 5) is 14.1. The van der Waals surface area contributed by atoms with Gasteiger partial charge >= 0.3 is 0 Å². The van der Waals surface area contributed by atoms with Crippen LogP contribution in [0.2, 0.25) is 0 Å². The van der Waals surface area contributed by atoms with Gasteiger partial charge in [-0.2, -0.15) is 4.31 Å². The highest BCUT2D eigenvalue weighted by molar-refractivity contribution is 7.89. The zero-order valence-electron chi connectivity index (χ0n) is 12.4. The molecule has 0 bridgehead atoms. The minimum absolute atomic E-state index is 0.142. The molecule has 0 N–H and O–H groups in total. The minimum Gasteiger partial charge on any atom is -0.340 e. The minimum atomic E-state index is -3.10. The number of hydrogen-bond donors (Lipinski definition) is 0. The molecule has 0 aromatic carbocycles. The van der Waals surface area contributed by atoms with E-state index in [1.807, 2.05) is 4.90 Å². The van der Waals surface area contributed by atoms with E-state index in [0.717, 1.165) is 0 Å². The molecule has 116 valence electrons. The lowest BCUT2D eigenvalue weighted by molar-refractivity contribution is -0.133. The highest BCUT2D eigenvalue weighted by Crippen LogP contribution is 2.27. The second kappa shape index (κ2) is 6.89. The van der Waals surface area contributed by atoms with E-state index < -0.39 is 10.0 Å². The molecule has 1 amide bonds. The average Bonchev–Trinajstić information content (AvgIpc) is 2.48. The van der Waals surface area contributed by atoms with E-state index in [0.29, 0.717) is 38.5 Å². The third-order valence-corrected chi connectivity index (χ3v) is 6.42. The van der Waals surface area contributed by atoms with Gasteiger partial charge in [-0.25, -0.2) is 8.42 Å². The van der Waals surface area contributed by atoms with Crippen LogP contribution in [0.3, 0.4) is 0 Å². The Morgan fingerprint density at radius 3 is 2.20 bits per heavy atom.